The maximum absolute atomic E-state index is 13.8. The van der Waals surface area contributed by atoms with Crippen LogP contribution < -0.4 is 10.6 Å². The van der Waals surface area contributed by atoms with Gasteiger partial charge in [-0.2, -0.15) is 13.2 Å². The second-order valence-electron chi connectivity index (χ2n) is 6.28. The van der Waals surface area contributed by atoms with Crippen molar-refractivity contribution in [2.45, 2.75) is 17.9 Å². The van der Waals surface area contributed by atoms with Gasteiger partial charge >= 0.3 is 6.18 Å². The maximum Gasteiger partial charge on any atom is 0.437 e. The molecule has 1 aromatic heterocycles. The molecule has 0 amide bonds. The van der Waals surface area contributed by atoms with E-state index in [1.807, 2.05) is 0 Å². The van der Waals surface area contributed by atoms with Gasteiger partial charge in [0.15, 0.2) is 10.9 Å². The topological polar surface area (TPSA) is 117 Å². The van der Waals surface area contributed by atoms with Crippen molar-refractivity contribution in [1.29, 1.82) is 0 Å². The molecule has 3 N–H and O–H groups in total. The molecule has 3 atom stereocenters. The summed E-state index contributed by atoms with van der Waals surface area (Å²) in [5.74, 6) is -3.22. The number of Topliss-reactive ketones (excluding diaryl/α,β-unsaturated/α-hetero) is 1. The zero-order valence-corrected chi connectivity index (χ0v) is 15.2. The Bertz CT molecular complexity index is 973. The van der Waals surface area contributed by atoms with E-state index in [4.69, 9.17) is 12.2 Å². The van der Waals surface area contributed by atoms with Crippen LogP contribution in [0, 0.1) is 16.0 Å². The van der Waals surface area contributed by atoms with Crippen LogP contribution in [0.15, 0.2) is 48.8 Å². The summed E-state index contributed by atoms with van der Waals surface area (Å²) in [5, 5.41) is 25.3. The monoisotopic (exact) mass is 426 g/mol. The molecule has 3 unspecified atom stereocenters. The molecule has 152 valence electrons. The summed E-state index contributed by atoms with van der Waals surface area (Å²) in [6, 6.07) is 5.85. The van der Waals surface area contributed by atoms with E-state index in [1.54, 1.807) is 5.32 Å². The fraction of sp³-hybridized carbons (Fsp3) is 0.235. The number of benzene rings is 1. The van der Waals surface area contributed by atoms with Gasteiger partial charge in [0.25, 0.3) is 5.69 Å². The minimum absolute atomic E-state index is 0.0204. The van der Waals surface area contributed by atoms with Gasteiger partial charge in [-0.05, 0) is 29.9 Å². The number of nitro groups is 1. The van der Waals surface area contributed by atoms with Gasteiger partial charge in [-0.25, -0.2) is 0 Å². The van der Waals surface area contributed by atoms with Gasteiger partial charge in [0.05, 0.1) is 11.0 Å². The first-order valence-corrected chi connectivity index (χ1v) is 8.52. The van der Waals surface area contributed by atoms with Crippen LogP contribution in [0.25, 0.3) is 0 Å². The van der Waals surface area contributed by atoms with Gasteiger partial charge in [-0.15, -0.1) is 0 Å². The van der Waals surface area contributed by atoms with E-state index in [0.29, 0.717) is 0 Å². The van der Waals surface area contributed by atoms with E-state index in [9.17, 15) is 33.2 Å². The number of ketones is 1. The summed E-state index contributed by atoms with van der Waals surface area (Å²) in [4.78, 5) is 27.1. The molecule has 2 aromatic rings. The minimum atomic E-state index is -5.29. The third-order valence-electron chi connectivity index (χ3n) is 4.47. The van der Waals surface area contributed by atoms with Crippen molar-refractivity contribution in [1.82, 2.24) is 15.6 Å². The Morgan fingerprint density at radius 1 is 1.31 bits per heavy atom. The largest absolute Gasteiger partial charge is 0.437 e. The number of non-ortho nitro benzene ring substituents is 1. The number of hydrogen-bond acceptors (Lipinski definition) is 6. The summed E-state index contributed by atoms with van der Waals surface area (Å²) in [6.45, 7) is 0. The Hall–Kier alpha value is -3.12. The molecule has 1 aromatic carbocycles. The zero-order valence-electron chi connectivity index (χ0n) is 14.4. The lowest BCUT2D eigenvalue weighted by Gasteiger charge is -2.46. The molecule has 1 saturated heterocycles. The van der Waals surface area contributed by atoms with Crippen LogP contribution in [0.3, 0.4) is 0 Å². The Morgan fingerprint density at radius 2 is 2.03 bits per heavy atom. The molecule has 8 nitrogen and oxygen atoms in total. The Labute approximate surface area is 166 Å². The van der Waals surface area contributed by atoms with Gasteiger partial charge in [-0.1, -0.05) is 12.1 Å². The minimum Gasteiger partial charge on any atom is -0.363 e. The number of alkyl halides is 3. The first-order chi connectivity index (χ1) is 13.5. The standard InChI is InChI=1S/C17H13F3N4O4S/c18-17(19,20)16(26)12(14(25)10-4-2-6-21-8-10)13(22-15(29)23-16)9-3-1-5-11(7-9)24(27)28/h1-8,12-13,26H,(H2,22,23,29). The van der Waals surface area contributed by atoms with Crippen LogP contribution in [0.5, 0.6) is 0 Å². The zero-order chi connectivity index (χ0) is 21.4. The quantitative estimate of drug-likeness (QED) is 0.295. The second kappa shape index (κ2) is 7.37. The highest BCUT2D eigenvalue weighted by atomic mass is 32.1. The highest BCUT2D eigenvalue weighted by Crippen LogP contribution is 2.44. The highest BCUT2D eigenvalue weighted by Gasteiger charge is 2.65. The van der Waals surface area contributed by atoms with E-state index in [0.717, 1.165) is 18.3 Å². The molecule has 1 aliphatic rings. The van der Waals surface area contributed by atoms with E-state index in [-0.39, 0.29) is 11.1 Å². The number of nitro benzene ring substituents is 1. The molecule has 1 aliphatic heterocycles. The fourth-order valence-corrected chi connectivity index (χ4v) is 3.42. The predicted molar refractivity (Wildman–Crippen MR) is 97.8 cm³/mol. The van der Waals surface area contributed by atoms with E-state index in [2.05, 4.69) is 10.3 Å². The summed E-state index contributed by atoms with van der Waals surface area (Å²) in [6.07, 6.45) is -2.89. The van der Waals surface area contributed by atoms with Crippen LogP contribution in [0.1, 0.15) is 22.0 Å². The molecule has 2 heterocycles. The number of pyridine rings is 1. The Kier molecular flexibility index (Phi) is 5.24. The van der Waals surface area contributed by atoms with Crippen molar-refractivity contribution in [3.8, 4) is 0 Å². The third-order valence-corrected chi connectivity index (χ3v) is 4.69. The lowest BCUT2D eigenvalue weighted by atomic mass is 9.77. The van der Waals surface area contributed by atoms with Crippen LogP contribution in [-0.2, 0) is 0 Å². The van der Waals surface area contributed by atoms with Crippen molar-refractivity contribution >= 4 is 28.8 Å². The van der Waals surface area contributed by atoms with Crippen LogP contribution in [0.2, 0.25) is 0 Å². The van der Waals surface area contributed by atoms with Crippen molar-refractivity contribution in [3.05, 3.63) is 70.0 Å². The number of carbonyl (C=O) groups is 1. The first kappa shape index (κ1) is 20.6. The normalized spacial score (nSPS) is 24.3. The number of rotatable bonds is 4. The molecule has 0 spiro atoms. The lowest BCUT2D eigenvalue weighted by molar-refractivity contribution is -0.385. The fourth-order valence-electron chi connectivity index (χ4n) is 3.14. The second-order valence-corrected chi connectivity index (χ2v) is 6.68. The van der Waals surface area contributed by atoms with Crippen molar-refractivity contribution in [3.63, 3.8) is 0 Å². The first-order valence-electron chi connectivity index (χ1n) is 8.11. The number of carbonyl (C=O) groups excluding carboxylic acids is 1. The summed E-state index contributed by atoms with van der Waals surface area (Å²) >= 11 is 4.80. The van der Waals surface area contributed by atoms with Crippen molar-refractivity contribution in [2.24, 2.45) is 5.92 Å². The molecule has 3 rings (SSSR count). The number of nitrogens with zero attached hydrogens (tertiary/aromatic N) is 2. The number of nitrogens with one attached hydrogen (secondary N) is 2. The Balaban J connectivity index is 2.18. The van der Waals surface area contributed by atoms with Crippen LogP contribution in [-0.4, -0.2) is 37.8 Å². The van der Waals surface area contributed by atoms with E-state index >= 15 is 0 Å². The van der Waals surface area contributed by atoms with Gasteiger partial charge in [0.2, 0.25) is 5.72 Å². The molecular formula is C17H13F3N4O4S. The molecule has 12 heteroatoms. The summed E-state index contributed by atoms with van der Waals surface area (Å²) in [7, 11) is 0. The number of thiocarbonyl (C=S) groups is 1. The third kappa shape index (κ3) is 3.76. The van der Waals surface area contributed by atoms with Gasteiger partial charge in [0, 0.05) is 30.1 Å². The number of halogens is 3. The average molecular weight is 426 g/mol. The van der Waals surface area contributed by atoms with Crippen molar-refractivity contribution < 1.29 is 28.0 Å². The molecule has 0 saturated carbocycles. The number of hydrogen-bond donors (Lipinski definition) is 3. The lowest BCUT2D eigenvalue weighted by Crippen LogP contribution is -2.72. The van der Waals surface area contributed by atoms with Gasteiger partial charge in [-0.3, -0.25) is 19.9 Å². The van der Waals surface area contributed by atoms with Crippen LogP contribution in [0.4, 0.5) is 18.9 Å². The smallest absolute Gasteiger partial charge is 0.363 e. The number of aliphatic hydroxyl groups is 1. The molecule has 0 radical (unpaired) electrons. The predicted octanol–water partition coefficient (Wildman–Crippen LogP) is 2.26. The molecular weight excluding hydrogens is 413 g/mol. The maximum atomic E-state index is 13.8. The highest BCUT2D eigenvalue weighted by molar-refractivity contribution is 7.80. The van der Waals surface area contributed by atoms with Crippen LogP contribution >= 0.6 is 12.2 Å². The van der Waals surface area contributed by atoms with Gasteiger partial charge < -0.3 is 15.7 Å². The molecule has 29 heavy (non-hydrogen) atoms. The number of aromatic nitrogens is 1. The molecule has 1 fully saturated rings. The van der Waals surface area contributed by atoms with Gasteiger partial charge in [0.1, 0.15) is 5.92 Å². The molecule has 0 aliphatic carbocycles. The summed E-state index contributed by atoms with van der Waals surface area (Å²) in [5.41, 5.74) is -4.30. The molecule has 0 bridgehead atoms. The van der Waals surface area contributed by atoms with Crippen molar-refractivity contribution in [2.75, 3.05) is 0 Å². The van der Waals surface area contributed by atoms with E-state index in [1.165, 1.54) is 30.5 Å². The summed E-state index contributed by atoms with van der Waals surface area (Å²) < 4.78 is 41.5. The van der Waals surface area contributed by atoms with E-state index < -0.39 is 45.4 Å². The average Bonchev–Trinajstić information content (AvgIpc) is 2.67. The Morgan fingerprint density at radius 3 is 2.62 bits per heavy atom. The SMILES string of the molecule is O=C(c1cccnc1)C1C(c2cccc([N+](=O)[O-])c2)NC(=S)NC1(O)C(F)(F)F.